The lowest BCUT2D eigenvalue weighted by Crippen LogP contribution is -2.16. The molecule has 0 saturated heterocycles. The molecule has 33 heavy (non-hydrogen) atoms. The van der Waals surface area contributed by atoms with Gasteiger partial charge in [0.1, 0.15) is 0 Å². The Labute approximate surface area is 197 Å². The second-order valence-corrected chi connectivity index (χ2v) is 9.08. The van der Waals surface area contributed by atoms with Gasteiger partial charge in [-0.25, -0.2) is 0 Å². The van der Waals surface area contributed by atoms with Gasteiger partial charge in [-0.15, -0.1) is 0 Å². The highest BCUT2D eigenvalue weighted by molar-refractivity contribution is 6.12. The lowest BCUT2D eigenvalue weighted by atomic mass is 9.80. The molecule has 1 unspecified atom stereocenters. The molecule has 1 aliphatic heterocycles. The molecular weight excluding hydrogens is 400 g/mol. The fourth-order valence-electron chi connectivity index (χ4n) is 5.16. The van der Waals surface area contributed by atoms with E-state index in [2.05, 4.69) is 96.9 Å². The Morgan fingerprint density at radius 3 is 2.39 bits per heavy atom. The Kier molecular flexibility index (Phi) is 6.17. The van der Waals surface area contributed by atoms with Crippen molar-refractivity contribution < 1.29 is 0 Å². The summed E-state index contributed by atoms with van der Waals surface area (Å²) in [6, 6.07) is 25.7. The van der Waals surface area contributed by atoms with Crippen LogP contribution in [0, 0.1) is 5.92 Å². The molecule has 0 saturated carbocycles. The third-order valence-electron chi connectivity index (χ3n) is 7.10. The smallest absolute Gasteiger partial charge is 0.0409 e. The molecule has 1 atom stereocenters. The first kappa shape index (κ1) is 21.3. The van der Waals surface area contributed by atoms with Crippen LogP contribution >= 0.6 is 0 Å². The van der Waals surface area contributed by atoms with Crippen LogP contribution in [0.3, 0.4) is 0 Å². The molecule has 2 heteroatoms. The van der Waals surface area contributed by atoms with Crippen molar-refractivity contribution in [3.63, 3.8) is 0 Å². The van der Waals surface area contributed by atoms with Crippen LogP contribution in [0.15, 0.2) is 97.2 Å². The third kappa shape index (κ3) is 4.39. The first-order chi connectivity index (χ1) is 16.2. The molecule has 4 aromatic carbocycles. The number of nitrogens with zero attached hydrogens (tertiary/aromatic N) is 1. The van der Waals surface area contributed by atoms with E-state index in [1.54, 1.807) is 11.1 Å². The van der Waals surface area contributed by atoms with Crippen molar-refractivity contribution in [1.82, 2.24) is 0 Å². The minimum Gasteiger partial charge on any atom is -0.398 e. The standard InChI is InChI=1S/C20H21N.C11H11N/c1-2-13-6-7-14-8-9-16-15-4-3-5-20(21)18(15)11-10-17(16)19(14)12-13;1-3-7-11(8-4-1)12-9-5-2-6-10-12/h3-5,8-11,13H,2,6-7,12,21H2,1H3;1-9H,10H2. The zero-order chi connectivity index (χ0) is 22.6. The quantitative estimate of drug-likeness (QED) is 0.260. The molecule has 0 aromatic heterocycles. The molecule has 6 rings (SSSR count). The Hall–Kier alpha value is -3.52. The summed E-state index contributed by atoms with van der Waals surface area (Å²) in [6.07, 6.45) is 13.5. The molecule has 166 valence electrons. The molecule has 2 N–H and O–H groups in total. The Balaban J connectivity index is 0.000000162. The number of para-hydroxylation sites is 1. The van der Waals surface area contributed by atoms with E-state index in [-0.39, 0.29) is 0 Å². The molecule has 2 nitrogen and oxygen atoms in total. The maximum absolute atomic E-state index is 6.13. The van der Waals surface area contributed by atoms with Gasteiger partial charge in [0.05, 0.1) is 0 Å². The van der Waals surface area contributed by atoms with Gasteiger partial charge in [0.25, 0.3) is 0 Å². The maximum atomic E-state index is 6.13. The Morgan fingerprint density at radius 2 is 1.61 bits per heavy atom. The first-order valence-corrected chi connectivity index (χ1v) is 12.1. The number of allylic oxidation sites excluding steroid dienone is 2. The maximum Gasteiger partial charge on any atom is 0.0409 e. The first-order valence-electron chi connectivity index (χ1n) is 12.1. The van der Waals surface area contributed by atoms with Crippen LogP contribution in [0.25, 0.3) is 21.5 Å². The van der Waals surface area contributed by atoms with Crippen LogP contribution in [0.5, 0.6) is 0 Å². The highest BCUT2D eigenvalue weighted by atomic mass is 15.1. The lowest BCUT2D eigenvalue weighted by molar-refractivity contribution is 0.447. The zero-order valence-corrected chi connectivity index (χ0v) is 19.4. The van der Waals surface area contributed by atoms with Gasteiger partial charge in [0, 0.05) is 29.5 Å². The van der Waals surface area contributed by atoms with Gasteiger partial charge in [-0.05, 0) is 76.7 Å². The molecule has 0 amide bonds. The number of fused-ring (bicyclic) bond motifs is 5. The van der Waals surface area contributed by atoms with Gasteiger partial charge < -0.3 is 10.6 Å². The number of rotatable bonds is 2. The van der Waals surface area contributed by atoms with Crippen LogP contribution < -0.4 is 10.6 Å². The SMILES string of the molecule is C1=CCN(c2ccccc2)C=C1.CCC1CCc2ccc3c(ccc4c(N)cccc43)c2C1. The number of aryl methyl sites for hydroxylation is 1. The highest BCUT2D eigenvalue weighted by Gasteiger charge is 2.19. The van der Waals surface area contributed by atoms with E-state index < -0.39 is 0 Å². The Bertz CT molecular complexity index is 1320. The average Bonchev–Trinajstić information content (AvgIpc) is 2.89. The lowest BCUT2D eigenvalue weighted by Gasteiger charge is -2.25. The summed E-state index contributed by atoms with van der Waals surface area (Å²) in [6.45, 7) is 3.29. The third-order valence-corrected chi connectivity index (χ3v) is 7.10. The van der Waals surface area contributed by atoms with Crippen LogP contribution in [0.1, 0.15) is 30.9 Å². The average molecular weight is 433 g/mol. The van der Waals surface area contributed by atoms with E-state index in [1.807, 2.05) is 12.1 Å². The van der Waals surface area contributed by atoms with Gasteiger partial charge in [-0.3, -0.25) is 0 Å². The van der Waals surface area contributed by atoms with Crippen LogP contribution in [0.2, 0.25) is 0 Å². The molecule has 0 radical (unpaired) electrons. The molecule has 1 aliphatic carbocycles. The van der Waals surface area contributed by atoms with Crippen molar-refractivity contribution in [3.05, 3.63) is 108 Å². The van der Waals surface area contributed by atoms with Crippen molar-refractivity contribution >= 4 is 32.9 Å². The number of nitrogens with two attached hydrogens (primary N) is 1. The zero-order valence-electron chi connectivity index (χ0n) is 19.4. The van der Waals surface area contributed by atoms with Gasteiger partial charge in [-0.2, -0.15) is 0 Å². The Morgan fingerprint density at radius 1 is 0.818 bits per heavy atom. The molecule has 0 fully saturated rings. The summed E-state index contributed by atoms with van der Waals surface area (Å²) in [5, 5.41) is 5.25. The summed E-state index contributed by atoms with van der Waals surface area (Å²) < 4.78 is 0. The van der Waals surface area contributed by atoms with Gasteiger partial charge in [0.2, 0.25) is 0 Å². The molecule has 0 spiro atoms. The second-order valence-electron chi connectivity index (χ2n) is 9.08. The number of anilines is 2. The van der Waals surface area contributed by atoms with Crippen molar-refractivity contribution in [1.29, 1.82) is 0 Å². The minimum atomic E-state index is 0.847. The van der Waals surface area contributed by atoms with Crippen LogP contribution in [-0.2, 0) is 12.8 Å². The summed E-state index contributed by atoms with van der Waals surface area (Å²) in [5.41, 5.74) is 11.4. The normalized spacial score (nSPS) is 17.0. The van der Waals surface area contributed by atoms with Crippen LogP contribution in [0.4, 0.5) is 11.4 Å². The predicted molar refractivity (Wildman–Crippen MR) is 144 cm³/mol. The van der Waals surface area contributed by atoms with E-state index in [4.69, 9.17) is 5.73 Å². The molecule has 2 aliphatic rings. The number of hydrogen-bond donors (Lipinski definition) is 1. The number of nitrogen functional groups attached to an aromatic ring is 1. The van der Waals surface area contributed by atoms with E-state index in [0.29, 0.717) is 0 Å². The van der Waals surface area contributed by atoms with Crippen LogP contribution in [-0.4, -0.2) is 6.54 Å². The number of benzene rings is 4. The van der Waals surface area contributed by atoms with Crippen molar-refractivity contribution in [2.45, 2.75) is 32.6 Å². The van der Waals surface area contributed by atoms with Crippen molar-refractivity contribution in [2.75, 3.05) is 17.2 Å². The molecule has 1 heterocycles. The van der Waals surface area contributed by atoms with Gasteiger partial charge >= 0.3 is 0 Å². The van der Waals surface area contributed by atoms with Gasteiger partial charge in [0.15, 0.2) is 0 Å². The van der Waals surface area contributed by atoms with Crippen molar-refractivity contribution in [2.24, 2.45) is 5.92 Å². The largest absolute Gasteiger partial charge is 0.398 e. The second kappa shape index (κ2) is 9.54. The van der Waals surface area contributed by atoms with E-state index in [9.17, 15) is 0 Å². The fourth-order valence-corrected chi connectivity index (χ4v) is 5.16. The summed E-state index contributed by atoms with van der Waals surface area (Å²) in [5.74, 6) is 0.847. The number of hydrogen-bond acceptors (Lipinski definition) is 2. The van der Waals surface area contributed by atoms with Gasteiger partial charge in [-0.1, -0.05) is 80.1 Å². The fraction of sp³-hybridized carbons (Fsp3) is 0.226. The van der Waals surface area contributed by atoms with Crippen molar-refractivity contribution in [3.8, 4) is 0 Å². The van der Waals surface area contributed by atoms with E-state index in [1.165, 1.54) is 52.9 Å². The highest BCUT2D eigenvalue weighted by Crippen LogP contribution is 2.36. The monoisotopic (exact) mass is 432 g/mol. The van der Waals surface area contributed by atoms with E-state index in [0.717, 1.165) is 18.2 Å². The van der Waals surface area contributed by atoms with E-state index >= 15 is 0 Å². The molecule has 0 bridgehead atoms. The summed E-state index contributed by atoms with van der Waals surface area (Å²) in [7, 11) is 0. The minimum absolute atomic E-state index is 0.847. The summed E-state index contributed by atoms with van der Waals surface area (Å²) >= 11 is 0. The predicted octanol–water partition coefficient (Wildman–Crippen LogP) is 7.67. The molecular formula is C31H32N2. The molecule has 4 aromatic rings. The summed E-state index contributed by atoms with van der Waals surface area (Å²) in [4.78, 5) is 2.21. The topological polar surface area (TPSA) is 29.3 Å².